The van der Waals surface area contributed by atoms with Gasteiger partial charge in [0.2, 0.25) is 5.95 Å². The zero-order valence-corrected chi connectivity index (χ0v) is 17.9. The average Bonchev–Trinajstić information content (AvgIpc) is 3.13. The molecule has 0 aliphatic carbocycles. The largest absolute Gasteiger partial charge is 0.493 e. The molecule has 0 spiro atoms. The van der Waals surface area contributed by atoms with Crippen LogP contribution in [0.4, 0.5) is 5.95 Å². The van der Waals surface area contributed by atoms with Crippen molar-refractivity contribution in [2.45, 2.75) is 6.54 Å². The minimum absolute atomic E-state index is 0.575. The molecular weight excluding hydrogens is 426 g/mol. The van der Waals surface area contributed by atoms with Crippen molar-refractivity contribution < 1.29 is 29.3 Å². The van der Waals surface area contributed by atoms with Gasteiger partial charge in [-0.1, -0.05) is 35.9 Å². The second kappa shape index (κ2) is 10.9. The number of hydrogen-bond donors (Lipinski definition) is 3. The summed E-state index contributed by atoms with van der Waals surface area (Å²) >= 11 is 5.96. The molecule has 0 bridgehead atoms. The molecule has 0 radical (unpaired) electrons. The predicted molar refractivity (Wildman–Crippen MR) is 116 cm³/mol. The molecule has 0 aliphatic rings. The fraction of sp³-hybridized carbons (Fsp3) is 0.190. The van der Waals surface area contributed by atoms with Gasteiger partial charge in [-0.2, -0.15) is 0 Å². The van der Waals surface area contributed by atoms with Crippen molar-refractivity contribution >= 4 is 29.5 Å². The van der Waals surface area contributed by atoms with E-state index in [1.807, 2.05) is 60.3 Å². The number of hydrogen-bond acceptors (Lipinski definition) is 6. The Hall–Kier alpha value is -3.72. The summed E-state index contributed by atoms with van der Waals surface area (Å²) in [6.07, 6.45) is 1.84. The number of aliphatic carboxylic acids is 2. The zero-order chi connectivity index (χ0) is 23.0. The quantitative estimate of drug-likeness (QED) is 0.490. The molecule has 31 heavy (non-hydrogen) atoms. The topological polar surface area (TPSA) is 123 Å². The van der Waals surface area contributed by atoms with Gasteiger partial charge in [0.25, 0.3) is 0 Å². The van der Waals surface area contributed by atoms with Gasteiger partial charge in [0.1, 0.15) is 0 Å². The molecule has 9 nitrogen and oxygen atoms in total. The number of halogens is 1. The molecule has 1 aromatic heterocycles. The standard InChI is InChI=1S/C19H20ClN3O2.C2H2O4/c1-23-16(13-7-9-15(20)10-8-13)12-22-19(23)21-11-14-5-4-6-17(24-2)18(14)25-3;3-1(4)2(5)6/h4-10,12H,11H2,1-3H3,(H,21,22);(H,3,4)(H,5,6). The van der Waals surface area contributed by atoms with Crippen molar-refractivity contribution in [3.63, 3.8) is 0 Å². The van der Waals surface area contributed by atoms with Crippen LogP contribution in [0.1, 0.15) is 5.56 Å². The van der Waals surface area contributed by atoms with Crippen molar-refractivity contribution in [1.29, 1.82) is 0 Å². The summed E-state index contributed by atoms with van der Waals surface area (Å²) in [5.74, 6) is -1.44. The predicted octanol–water partition coefficient (Wildman–Crippen LogP) is 3.53. The summed E-state index contributed by atoms with van der Waals surface area (Å²) in [6, 6.07) is 13.5. The maximum atomic E-state index is 9.10. The van der Waals surface area contributed by atoms with E-state index in [0.29, 0.717) is 12.3 Å². The lowest BCUT2D eigenvalue weighted by Gasteiger charge is -2.14. The molecular formula is C21H22ClN3O6. The van der Waals surface area contributed by atoms with Crippen molar-refractivity contribution in [1.82, 2.24) is 9.55 Å². The lowest BCUT2D eigenvalue weighted by Crippen LogP contribution is -2.09. The van der Waals surface area contributed by atoms with E-state index in [9.17, 15) is 0 Å². The van der Waals surface area contributed by atoms with E-state index in [1.54, 1.807) is 14.2 Å². The highest BCUT2D eigenvalue weighted by molar-refractivity contribution is 6.30. The smallest absolute Gasteiger partial charge is 0.414 e. The highest BCUT2D eigenvalue weighted by Crippen LogP contribution is 2.31. The van der Waals surface area contributed by atoms with Crippen LogP contribution < -0.4 is 14.8 Å². The van der Waals surface area contributed by atoms with Gasteiger partial charge < -0.3 is 29.6 Å². The Morgan fingerprint density at radius 1 is 1.06 bits per heavy atom. The number of aromatic nitrogens is 2. The van der Waals surface area contributed by atoms with Crippen LogP contribution in [0.2, 0.25) is 5.02 Å². The minimum atomic E-state index is -1.82. The molecule has 164 valence electrons. The first-order valence-electron chi connectivity index (χ1n) is 8.96. The summed E-state index contributed by atoms with van der Waals surface area (Å²) < 4.78 is 12.8. The third-order valence-electron chi connectivity index (χ3n) is 4.23. The van der Waals surface area contributed by atoms with Crippen molar-refractivity contribution in [3.05, 3.63) is 59.2 Å². The molecule has 3 aromatic rings. The molecule has 3 N–H and O–H groups in total. The van der Waals surface area contributed by atoms with Crippen molar-refractivity contribution in [2.75, 3.05) is 19.5 Å². The fourth-order valence-electron chi connectivity index (χ4n) is 2.73. The third-order valence-corrected chi connectivity index (χ3v) is 4.48. The number of imidazole rings is 1. The Bertz CT molecular complexity index is 1040. The van der Waals surface area contributed by atoms with Crippen LogP contribution in [0.5, 0.6) is 11.5 Å². The number of rotatable bonds is 6. The van der Waals surface area contributed by atoms with E-state index < -0.39 is 11.9 Å². The third kappa shape index (κ3) is 6.13. The Morgan fingerprint density at radius 2 is 1.71 bits per heavy atom. The number of nitrogens with zero attached hydrogens (tertiary/aromatic N) is 2. The number of ether oxygens (including phenoxy) is 2. The summed E-state index contributed by atoms with van der Waals surface area (Å²) in [6.45, 7) is 0.575. The SMILES string of the molecule is COc1cccc(CNc2ncc(-c3ccc(Cl)cc3)n2C)c1OC.O=C(O)C(=O)O. The maximum absolute atomic E-state index is 9.10. The van der Waals surface area contributed by atoms with E-state index in [-0.39, 0.29) is 0 Å². The lowest BCUT2D eigenvalue weighted by atomic mass is 10.2. The molecule has 0 unspecified atom stereocenters. The molecule has 10 heteroatoms. The summed E-state index contributed by atoms with van der Waals surface area (Å²) in [5, 5.41) is 18.8. The van der Waals surface area contributed by atoms with Crippen LogP contribution in [0.25, 0.3) is 11.3 Å². The number of benzene rings is 2. The number of nitrogens with one attached hydrogen (secondary N) is 1. The summed E-state index contributed by atoms with van der Waals surface area (Å²) in [4.78, 5) is 22.7. The van der Waals surface area contributed by atoms with Crippen LogP contribution in [-0.2, 0) is 23.2 Å². The average molecular weight is 448 g/mol. The monoisotopic (exact) mass is 447 g/mol. The fourth-order valence-corrected chi connectivity index (χ4v) is 2.86. The highest BCUT2D eigenvalue weighted by Gasteiger charge is 2.12. The Kier molecular flexibility index (Phi) is 8.27. The van der Waals surface area contributed by atoms with E-state index >= 15 is 0 Å². The van der Waals surface area contributed by atoms with Gasteiger partial charge in [-0.15, -0.1) is 0 Å². The molecule has 0 fully saturated rings. The van der Waals surface area contributed by atoms with Gasteiger partial charge in [-0.25, -0.2) is 14.6 Å². The molecule has 0 aliphatic heterocycles. The normalized spacial score (nSPS) is 9.94. The summed E-state index contributed by atoms with van der Waals surface area (Å²) in [5.41, 5.74) is 3.07. The van der Waals surface area contributed by atoms with Crippen molar-refractivity contribution in [3.8, 4) is 22.8 Å². The van der Waals surface area contributed by atoms with Gasteiger partial charge in [-0.05, 0) is 23.8 Å². The van der Waals surface area contributed by atoms with Crippen LogP contribution in [-0.4, -0.2) is 45.9 Å². The number of carbonyl (C=O) groups is 2. The molecule has 2 aromatic carbocycles. The zero-order valence-electron chi connectivity index (χ0n) is 17.1. The van der Waals surface area contributed by atoms with Gasteiger partial charge in [0, 0.05) is 24.2 Å². The molecule has 3 rings (SSSR count). The number of methoxy groups -OCH3 is 2. The lowest BCUT2D eigenvalue weighted by molar-refractivity contribution is -0.159. The minimum Gasteiger partial charge on any atom is -0.493 e. The second-order valence-electron chi connectivity index (χ2n) is 6.15. The number of anilines is 1. The van der Waals surface area contributed by atoms with Crippen LogP contribution in [0.15, 0.2) is 48.7 Å². The number of para-hydroxylation sites is 1. The number of carboxylic acids is 2. The van der Waals surface area contributed by atoms with Crippen LogP contribution in [0.3, 0.4) is 0 Å². The van der Waals surface area contributed by atoms with Gasteiger partial charge in [-0.3, -0.25) is 0 Å². The summed E-state index contributed by atoms with van der Waals surface area (Å²) in [7, 11) is 5.25. The van der Waals surface area contributed by atoms with E-state index in [4.69, 9.17) is 40.9 Å². The first-order chi connectivity index (χ1) is 14.8. The van der Waals surface area contributed by atoms with Crippen molar-refractivity contribution in [2.24, 2.45) is 7.05 Å². The van der Waals surface area contributed by atoms with E-state index in [0.717, 1.165) is 33.5 Å². The van der Waals surface area contributed by atoms with Gasteiger partial charge in [0.15, 0.2) is 11.5 Å². The van der Waals surface area contributed by atoms with Crippen LogP contribution in [0, 0.1) is 0 Å². The van der Waals surface area contributed by atoms with Gasteiger partial charge >= 0.3 is 11.9 Å². The first kappa shape index (κ1) is 23.6. The second-order valence-corrected chi connectivity index (χ2v) is 6.59. The molecule has 0 amide bonds. The van der Waals surface area contributed by atoms with E-state index in [1.165, 1.54) is 0 Å². The number of carboxylic acid groups (broad SMARTS) is 2. The molecule has 0 atom stereocenters. The molecule has 1 heterocycles. The van der Waals surface area contributed by atoms with Crippen LogP contribution >= 0.6 is 11.6 Å². The maximum Gasteiger partial charge on any atom is 0.414 e. The Labute approximate surface area is 183 Å². The van der Waals surface area contributed by atoms with Gasteiger partial charge in [0.05, 0.1) is 26.1 Å². The Balaban J connectivity index is 0.000000501. The molecule has 0 saturated heterocycles. The van der Waals surface area contributed by atoms with E-state index in [2.05, 4.69) is 10.3 Å². The first-order valence-corrected chi connectivity index (χ1v) is 9.33. The molecule has 0 saturated carbocycles. The Morgan fingerprint density at radius 3 is 2.26 bits per heavy atom. The highest BCUT2D eigenvalue weighted by atomic mass is 35.5.